The molecule has 0 aliphatic heterocycles. The SMILES string of the molecule is CCCCCCC/C=C\C/C=C\CCCCCCCCCCCCCCCCCCCCCCCCCCCC(=O)NC(CO)C(O)/C=C/CCCCCCCCCCCCCCCCCCCCCCCCCCCCCCCC. The molecule has 0 bridgehead atoms. The number of carbonyl (C=O) groups is 1. The van der Waals surface area contributed by atoms with Crippen LogP contribution in [0.2, 0.25) is 0 Å². The second-order valence-electron chi connectivity index (χ2n) is 26.1. The molecular formula is C77H149NO3. The highest BCUT2D eigenvalue weighted by atomic mass is 16.3. The van der Waals surface area contributed by atoms with Crippen LogP contribution in [-0.2, 0) is 4.79 Å². The zero-order valence-electron chi connectivity index (χ0n) is 55.6. The Morgan fingerprint density at radius 2 is 0.506 bits per heavy atom. The average molecular weight is 1140 g/mol. The molecule has 81 heavy (non-hydrogen) atoms. The van der Waals surface area contributed by atoms with Crippen LogP contribution in [0.25, 0.3) is 0 Å². The zero-order valence-corrected chi connectivity index (χ0v) is 55.6. The van der Waals surface area contributed by atoms with E-state index in [4.69, 9.17) is 0 Å². The first-order valence-electron chi connectivity index (χ1n) is 37.7. The number of rotatable bonds is 71. The lowest BCUT2D eigenvalue weighted by Gasteiger charge is -2.20. The predicted octanol–water partition coefficient (Wildman–Crippen LogP) is 25.9. The van der Waals surface area contributed by atoms with Crippen molar-refractivity contribution in [2.24, 2.45) is 0 Å². The molecule has 0 spiro atoms. The Kier molecular flexibility index (Phi) is 71.6. The van der Waals surface area contributed by atoms with Gasteiger partial charge in [0.2, 0.25) is 5.91 Å². The first-order valence-corrected chi connectivity index (χ1v) is 37.7. The summed E-state index contributed by atoms with van der Waals surface area (Å²) in [6.45, 7) is 4.35. The lowest BCUT2D eigenvalue weighted by molar-refractivity contribution is -0.123. The van der Waals surface area contributed by atoms with Crippen LogP contribution in [0.3, 0.4) is 0 Å². The van der Waals surface area contributed by atoms with E-state index in [0.29, 0.717) is 6.42 Å². The summed E-state index contributed by atoms with van der Waals surface area (Å²) >= 11 is 0. The molecule has 480 valence electrons. The number of unbranched alkanes of at least 4 members (excludes halogenated alkanes) is 60. The molecule has 0 aromatic heterocycles. The molecule has 3 N–H and O–H groups in total. The normalized spacial score (nSPS) is 12.8. The molecule has 1 amide bonds. The summed E-state index contributed by atoms with van der Waals surface area (Å²) in [6, 6.07) is -0.622. The fraction of sp³-hybridized carbons (Fsp3) is 0.909. The first kappa shape index (κ1) is 79.6. The molecule has 0 rings (SSSR count). The fourth-order valence-electron chi connectivity index (χ4n) is 12.2. The van der Waals surface area contributed by atoms with Crippen LogP contribution in [0.5, 0.6) is 0 Å². The monoisotopic (exact) mass is 1140 g/mol. The van der Waals surface area contributed by atoms with Gasteiger partial charge in [-0.05, 0) is 51.4 Å². The summed E-state index contributed by atoms with van der Waals surface area (Å²) < 4.78 is 0. The van der Waals surface area contributed by atoms with E-state index in [0.717, 1.165) is 32.1 Å². The van der Waals surface area contributed by atoms with E-state index < -0.39 is 12.1 Å². The Hall–Kier alpha value is -1.39. The van der Waals surface area contributed by atoms with Crippen molar-refractivity contribution < 1.29 is 15.0 Å². The maximum absolute atomic E-state index is 12.6. The minimum atomic E-state index is -0.839. The highest BCUT2D eigenvalue weighted by Crippen LogP contribution is 2.20. The molecule has 4 nitrogen and oxygen atoms in total. The molecule has 4 heteroatoms. The average Bonchev–Trinajstić information content (AvgIpc) is 3.47. The van der Waals surface area contributed by atoms with Gasteiger partial charge < -0.3 is 15.5 Å². The van der Waals surface area contributed by atoms with Gasteiger partial charge in [0.05, 0.1) is 18.8 Å². The van der Waals surface area contributed by atoms with E-state index in [1.54, 1.807) is 6.08 Å². The van der Waals surface area contributed by atoms with Crippen molar-refractivity contribution in [2.75, 3.05) is 6.61 Å². The summed E-state index contributed by atoms with van der Waals surface area (Å²) in [4.78, 5) is 12.6. The van der Waals surface area contributed by atoms with Crippen LogP contribution in [0.1, 0.15) is 431 Å². The van der Waals surface area contributed by atoms with Gasteiger partial charge in [-0.1, -0.05) is 410 Å². The number of aliphatic hydroxyl groups excluding tert-OH is 2. The number of allylic oxidation sites excluding steroid dienone is 5. The number of hydrogen-bond acceptors (Lipinski definition) is 3. The van der Waals surface area contributed by atoms with Gasteiger partial charge >= 0.3 is 0 Å². The summed E-state index contributed by atoms with van der Waals surface area (Å²) in [6.07, 6.45) is 101. The number of nitrogens with one attached hydrogen (secondary N) is 1. The molecule has 0 aliphatic rings. The number of hydrogen-bond donors (Lipinski definition) is 3. The van der Waals surface area contributed by atoms with Crippen LogP contribution in [0.15, 0.2) is 36.5 Å². The maximum atomic E-state index is 12.6. The van der Waals surface area contributed by atoms with E-state index in [9.17, 15) is 15.0 Å². The van der Waals surface area contributed by atoms with E-state index in [2.05, 4.69) is 43.5 Å². The minimum absolute atomic E-state index is 0.0541. The van der Waals surface area contributed by atoms with Crippen LogP contribution in [0.4, 0.5) is 0 Å². The molecular weight excluding hydrogens is 987 g/mol. The molecule has 2 atom stereocenters. The topological polar surface area (TPSA) is 69.6 Å². The maximum Gasteiger partial charge on any atom is 0.220 e. The van der Waals surface area contributed by atoms with Gasteiger partial charge in [0, 0.05) is 6.42 Å². The second kappa shape index (κ2) is 72.9. The van der Waals surface area contributed by atoms with Crippen molar-refractivity contribution in [3.05, 3.63) is 36.5 Å². The van der Waals surface area contributed by atoms with Gasteiger partial charge in [-0.15, -0.1) is 0 Å². The highest BCUT2D eigenvalue weighted by Gasteiger charge is 2.18. The second-order valence-corrected chi connectivity index (χ2v) is 26.1. The number of amides is 1. The van der Waals surface area contributed by atoms with E-state index in [-0.39, 0.29) is 12.5 Å². The Balaban J connectivity index is 3.39. The third kappa shape index (κ3) is 69.3. The Morgan fingerprint density at radius 1 is 0.296 bits per heavy atom. The largest absolute Gasteiger partial charge is 0.394 e. The Labute approximate surface area is 510 Å². The Morgan fingerprint density at radius 3 is 0.741 bits per heavy atom. The molecule has 0 fully saturated rings. The van der Waals surface area contributed by atoms with Crippen LogP contribution < -0.4 is 5.32 Å². The molecule has 0 heterocycles. The molecule has 0 saturated carbocycles. The van der Waals surface area contributed by atoms with Gasteiger partial charge in [0.15, 0.2) is 0 Å². The lowest BCUT2D eigenvalue weighted by Crippen LogP contribution is -2.45. The smallest absolute Gasteiger partial charge is 0.220 e. The van der Waals surface area contributed by atoms with Gasteiger partial charge in [0.1, 0.15) is 0 Å². The highest BCUT2D eigenvalue weighted by molar-refractivity contribution is 5.76. The third-order valence-electron chi connectivity index (χ3n) is 17.9. The van der Waals surface area contributed by atoms with Gasteiger partial charge in [-0.25, -0.2) is 0 Å². The fourth-order valence-corrected chi connectivity index (χ4v) is 12.2. The molecule has 2 unspecified atom stereocenters. The predicted molar refractivity (Wildman–Crippen MR) is 364 cm³/mol. The van der Waals surface area contributed by atoms with Crippen molar-refractivity contribution in [2.45, 2.75) is 443 Å². The molecule has 0 aliphatic carbocycles. The van der Waals surface area contributed by atoms with Crippen molar-refractivity contribution >= 4 is 5.91 Å². The summed E-state index contributed by atoms with van der Waals surface area (Å²) in [5.74, 6) is -0.0541. The van der Waals surface area contributed by atoms with Crippen LogP contribution >= 0.6 is 0 Å². The molecule has 0 saturated heterocycles. The summed E-state index contributed by atoms with van der Waals surface area (Å²) in [5.41, 5.74) is 0. The standard InChI is InChI=1S/C77H149NO3/c1-3-5-7-9-11-13-15-17-19-21-23-25-27-29-31-33-35-37-38-39-40-41-43-45-47-49-51-53-55-57-59-61-63-65-67-69-71-73-77(81)78-75(74-79)76(80)72-70-68-66-64-62-60-58-56-54-52-50-48-46-44-42-36-34-32-30-28-26-24-22-20-18-16-14-12-10-8-6-4-2/h15,17,21,23,70,72,75-76,79-80H,3-14,16,18-20,22,24-69,71,73-74H2,1-2H3,(H,78,81)/b17-15-,23-21-,72-70+. The van der Waals surface area contributed by atoms with Crippen molar-refractivity contribution in [1.82, 2.24) is 5.32 Å². The molecule has 0 aromatic carbocycles. The quantitative estimate of drug-likeness (QED) is 0.0420. The van der Waals surface area contributed by atoms with Crippen molar-refractivity contribution in [1.29, 1.82) is 0 Å². The zero-order chi connectivity index (χ0) is 58.4. The van der Waals surface area contributed by atoms with Crippen LogP contribution in [0, 0.1) is 0 Å². The van der Waals surface area contributed by atoms with Gasteiger partial charge in [0.25, 0.3) is 0 Å². The van der Waals surface area contributed by atoms with Crippen molar-refractivity contribution in [3.63, 3.8) is 0 Å². The molecule has 0 radical (unpaired) electrons. The van der Waals surface area contributed by atoms with E-state index in [1.165, 1.54) is 379 Å². The van der Waals surface area contributed by atoms with E-state index >= 15 is 0 Å². The minimum Gasteiger partial charge on any atom is -0.394 e. The number of aliphatic hydroxyl groups is 2. The van der Waals surface area contributed by atoms with Crippen molar-refractivity contribution in [3.8, 4) is 0 Å². The summed E-state index contributed by atoms with van der Waals surface area (Å²) in [5, 5.41) is 23.3. The van der Waals surface area contributed by atoms with Crippen LogP contribution in [-0.4, -0.2) is 34.9 Å². The third-order valence-corrected chi connectivity index (χ3v) is 17.9. The van der Waals surface area contributed by atoms with Gasteiger partial charge in [-0.3, -0.25) is 4.79 Å². The Bertz CT molecular complexity index is 1240. The number of carbonyl (C=O) groups excluding carboxylic acids is 1. The molecule has 0 aromatic rings. The summed E-state index contributed by atoms with van der Waals surface area (Å²) in [7, 11) is 0. The van der Waals surface area contributed by atoms with Gasteiger partial charge in [-0.2, -0.15) is 0 Å². The first-order chi connectivity index (χ1) is 40.2. The lowest BCUT2D eigenvalue weighted by atomic mass is 10.0. The van der Waals surface area contributed by atoms with E-state index in [1.807, 2.05) is 6.08 Å².